The van der Waals surface area contributed by atoms with Gasteiger partial charge in [-0.25, -0.2) is 0 Å². The van der Waals surface area contributed by atoms with E-state index < -0.39 is 0 Å². The lowest BCUT2D eigenvalue weighted by Gasteiger charge is -1.98. The highest BCUT2D eigenvalue weighted by Crippen LogP contribution is 2.13. The Labute approximate surface area is 154 Å². The van der Waals surface area contributed by atoms with Crippen molar-refractivity contribution in [3.05, 3.63) is 106 Å². The van der Waals surface area contributed by atoms with E-state index in [1.807, 2.05) is 54.6 Å². The first kappa shape index (κ1) is 17.0. The molecule has 3 aromatic rings. The van der Waals surface area contributed by atoms with Crippen LogP contribution in [0, 0.1) is 23.7 Å². The maximum Gasteiger partial charge on any atom is 0.0991 e. The molecular formula is C25H17N. The van der Waals surface area contributed by atoms with Crippen LogP contribution in [0.15, 0.2) is 72.8 Å². The summed E-state index contributed by atoms with van der Waals surface area (Å²) in [5.74, 6) is 2.62. The van der Waals surface area contributed by atoms with Gasteiger partial charge in [-0.3, -0.25) is 0 Å². The van der Waals surface area contributed by atoms with E-state index >= 15 is 0 Å². The van der Waals surface area contributed by atoms with Gasteiger partial charge in [0, 0.05) is 5.56 Å². The van der Waals surface area contributed by atoms with Crippen molar-refractivity contribution >= 4 is 24.3 Å². The van der Waals surface area contributed by atoms with Crippen molar-refractivity contribution < 1.29 is 0 Å². The summed E-state index contributed by atoms with van der Waals surface area (Å²) in [4.78, 5) is 0. The predicted octanol–water partition coefficient (Wildman–Crippen LogP) is 5.88. The summed E-state index contributed by atoms with van der Waals surface area (Å²) in [6.45, 7) is 0. The van der Waals surface area contributed by atoms with E-state index in [-0.39, 0.29) is 0 Å². The van der Waals surface area contributed by atoms with Crippen molar-refractivity contribution in [1.82, 2.24) is 0 Å². The zero-order chi connectivity index (χ0) is 18.2. The van der Waals surface area contributed by atoms with E-state index in [1.54, 1.807) is 0 Å². The minimum absolute atomic E-state index is 0.673. The fourth-order valence-electron chi connectivity index (χ4n) is 2.46. The summed E-state index contributed by atoms with van der Waals surface area (Å²) < 4.78 is 0. The normalized spacial score (nSPS) is 10.7. The lowest BCUT2D eigenvalue weighted by atomic mass is 10.1. The predicted molar refractivity (Wildman–Crippen MR) is 110 cm³/mol. The zero-order valence-electron chi connectivity index (χ0n) is 14.3. The Bertz CT molecular complexity index is 918. The molecule has 0 aromatic heterocycles. The van der Waals surface area contributed by atoms with Crippen LogP contribution in [0.3, 0.4) is 0 Å². The van der Waals surface area contributed by atoms with Crippen molar-refractivity contribution in [2.24, 2.45) is 0 Å². The lowest BCUT2D eigenvalue weighted by molar-refractivity contribution is 1.48. The third kappa shape index (κ3) is 4.60. The molecule has 0 atom stereocenters. The van der Waals surface area contributed by atoms with Gasteiger partial charge in [0.15, 0.2) is 0 Å². The topological polar surface area (TPSA) is 23.8 Å². The average molecular weight is 331 g/mol. The van der Waals surface area contributed by atoms with Crippen molar-refractivity contribution in [2.45, 2.75) is 0 Å². The molecule has 0 saturated heterocycles. The van der Waals surface area contributed by atoms with Crippen LogP contribution in [0.1, 0.15) is 33.4 Å². The first-order valence-corrected chi connectivity index (χ1v) is 8.30. The molecule has 0 amide bonds. The second-order valence-electron chi connectivity index (χ2n) is 5.83. The first-order valence-electron chi connectivity index (χ1n) is 8.30. The van der Waals surface area contributed by atoms with Gasteiger partial charge in [0.05, 0.1) is 11.6 Å². The molecule has 0 bridgehead atoms. The second-order valence-corrected chi connectivity index (χ2v) is 5.83. The molecular weight excluding hydrogens is 314 g/mol. The third-order valence-electron chi connectivity index (χ3n) is 3.99. The molecule has 0 aliphatic rings. The van der Waals surface area contributed by atoms with Crippen LogP contribution in [0.4, 0.5) is 0 Å². The van der Waals surface area contributed by atoms with Crippen molar-refractivity contribution in [2.75, 3.05) is 0 Å². The van der Waals surface area contributed by atoms with Gasteiger partial charge in [0.2, 0.25) is 0 Å². The SMILES string of the molecule is C#Cc1ccc(/C=C/c2ccc(/C=C/c3ccc(C#N)cc3)cc2)cc1. The number of terminal acetylenes is 1. The lowest BCUT2D eigenvalue weighted by Crippen LogP contribution is -1.77. The molecule has 0 heterocycles. The summed E-state index contributed by atoms with van der Waals surface area (Å²) in [5, 5.41) is 8.82. The molecule has 1 heteroatoms. The van der Waals surface area contributed by atoms with Crippen molar-refractivity contribution in [3.63, 3.8) is 0 Å². The van der Waals surface area contributed by atoms with Gasteiger partial charge in [-0.1, -0.05) is 78.8 Å². The molecule has 0 unspecified atom stereocenters. The Morgan fingerprint density at radius 1 is 0.538 bits per heavy atom. The Morgan fingerprint density at radius 2 is 0.846 bits per heavy atom. The molecule has 0 radical (unpaired) electrons. The average Bonchev–Trinajstić information content (AvgIpc) is 2.72. The zero-order valence-corrected chi connectivity index (χ0v) is 14.3. The van der Waals surface area contributed by atoms with Crippen molar-refractivity contribution in [3.8, 4) is 18.4 Å². The van der Waals surface area contributed by atoms with Crippen LogP contribution in [0.2, 0.25) is 0 Å². The smallest absolute Gasteiger partial charge is 0.0991 e. The Hall–Kier alpha value is -3.81. The van der Waals surface area contributed by atoms with Gasteiger partial charge in [-0.15, -0.1) is 6.42 Å². The highest BCUT2D eigenvalue weighted by atomic mass is 14.2. The molecule has 0 aliphatic heterocycles. The summed E-state index contributed by atoms with van der Waals surface area (Å²) in [6.07, 6.45) is 13.6. The largest absolute Gasteiger partial charge is 0.192 e. The van der Waals surface area contributed by atoms with Gasteiger partial charge in [0.1, 0.15) is 0 Å². The first-order chi connectivity index (χ1) is 12.8. The van der Waals surface area contributed by atoms with E-state index in [2.05, 4.69) is 54.5 Å². The molecule has 122 valence electrons. The number of rotatable bonds is 4. The molecule has 3 rings (SSSR count). The van der Waals surface area contributed by atoms with E-state index in [1.165, 1.54) is 0 Å². The summed E-state index contributed by atoms with van der Waals surface area (Å²) in [6, 6.07) is 25.9. The molecule has 0 fully saturated rings. The van der Waals surface area contributed by atoms with Crippen molar-refractivity contribution in [1.29, 1.82) is 5.26 Å². The van der Waals surface area contributed by atoms with Gasteiger partial charge in [0.25, 0.3) is 0 Å². The van der Waals surface area contributed by atoms with Crippen LogP contribution in [0.5, 0.6) is 0 Å². The van der Waals surface area contributed by atoms with Gasteiger partial charge < -0.3 is 0 Å². The third-order valence-corrected chi connectivity index (χ3v) is 3.99. The maximum absolute atomic E-state index is 8.82. The number of hydrogen-bond acceptors (Lipinski definition) is 1. The molecule has 0 N–H and O–H groups in total. The summed E-state index contributed by atoms with van der Waals surface area (Å²) >= 11 is 0. The molecule has 0 saturated carbocycles. The van der Waals surface area contributed by atoms with Gasteiger partial charge in [-0.2, -0.15) is 5.26 Å². The monoisotopic (exact) mass is 331 g/mol. The molecule has 0 spiro atoms. The van der Waals surface area contributed by atoms with Crippen LogP contribution < -0.4 is 0 Å². The Morgan fingerprint density at radius 3 is 1.15 bits per heavy atom. The van der Waals surface area contributed by atoms with Crippen LogP contribution in [-0.4, -0.2) is 0 Å². The van der Waals surface area contributed by atoms with Crippen LogP contribution >= 0.6 is 0 Å². The summed E-state index contributed by atoms with van der Waals surface area (Å²) in [7, 11) is 0. The number of hydrogen-bond donors (Lipinski definition) is 0. The minimum atomic E-state index is 0.673. The van der Waals surface area contributed by atoms with Crippen LogP contribution in [0.25, 0.3) is 24.3 Å². The minimum Gasteiger partial charge on any atom is -0.192 e. The fourth-order valence-corrected chi connectivity index (χ4v) is 2.46. The van der Waals surface area contributed by atoms with Gasteiger partial charge >= 0.3 is 0 Å². The van der Waals surface area contributed by atoms with E-state index in [0.29, 0.717) is 5.56 Å². The molecule has 0 aliphatic carbocycles. The Kier molecular flexibility index (Phi) is 5.46. The van der Waals surface area contributed by atoms with Crippen LogP contribution in [-0.2, 0) is 0 Å². The van der Waals surface area contributed by atoms with E-state index in [0.717, 1.165) is 27.8 Å². The molecule has 1 nitrogen and oxygen atoms in total. The second kappa shape index (κ2) is 8.34. The highest BCUT2D eigenvalue weighted by molar-refractivity contribution is 5.73. The maximum atomic E-state index is 8.82. The summed E-state index contributed by atoms with van der Waals surface area (Å²) in [5.41, 5.74) is 6.02. The Balaban J connectivity index is 1.65. The van der Waals surface area contributed by atoms with E-state index in [4.69, 9.17) is 11.7 Å². The number of nitriles is 1. The fraction of sp³-hybridized carbons (Fsp3) is 0. The standard InChI is InChI=1S/C25H17N/c1-2-20-3-5-21(6-4-20)7-8-22-9-11-23(12-10-22)13-14-24-15-17-25(19-26)18-16-24/h1,3-18H/b8-7+,14-13+. The number of nitrogens with zero attached hydrogens (tertiary/aromatic N) is 1. The van der Waals surface area contributed by atoms with E-state index in [9.17, 15) is 0 Å². The molecule has 3 aromatic carbocycles. The number of benzene rings is 3. The molecule has 26 heavy (non-hydrogen) atoms. The quantitative estimate of drug-likeness (QED) is 0.432. The van der Waals surface area contributed by atoms with Gasteiger partial charge in [-0.05, 0) is 46.5 Å². The highest BCUT2D eigenvalue weighted by Gasteiger charge is 1.92.